The molecule has 4 heteroatoms. The predicted molar refractivity (Wildman–Crippen MR) is 114 cm³/mol. The zero-order valence-electron chi connectivity index (χ0n) is 15.8. The summed E-state index contributed by atoms with van der Waals surface area (Å²) in [6, 6.07) is 23.4. The number of benzene rings is 3. The Labute approximate surface area is 168 Å². The van der Waals surface area contributed by atoms with Gasteiger partial charge in [-0.1, -0.05) is 47.5 Å². The van der Waals surface area contributed by atoms with E-state index in [1.807, 2.05) is 73.7 Å². The highest BCUT2D eigenvalue weighted by atomic mass is 35.5. The van der Waals surface area contributed by atoms with Crippen LogP contribution in [-0.4, -0.2) is 6.61 Å². The number of hydrogen-bond acceptors (Lipinski definition) is 3. The molecule has 0 fully saturated rings. The molecular formula is C24H20ClNO2. The van der Waals surface area contributed by atoms with Gasteiger partial charge in [0.2, 0.25) is 0 Å². The van der Waals surface area contributed by atoms with Crippen LogP contribution in [0.3, 0.4) is 0 Å². The molecule has 0 aliphatic rings. The van der Waals surface area contributed by atoms with Crippen LogP contribution in [0.5, 0.6) is 5.75 Å². The van der Waals surface area contributed by atoms with Crippen LogP contribution >= 0.6 is 11.6 Å². The van der Waals surface area contributed by atoms with Crippen molar-refractivity contribution in [2.45, 2.75) is 13.8 Å². The lowest BCUT2D eigenvalue weighted by molar-refractivity contribution is 0.341. The highest BCUT2D eigenvalue weighted by Crippen LogP contribution is 2.30. The van der Waals surface area contributed by atoms with E-state index in [9.17, 15) is 0 Å². The summed E-state index contributed by atoms with van der Waals surface area (Å²) in [4.78, 5) is 4.92. The molecule has 0 bridgehead atoms. The lowest BCUT2D eigenvalue weighted by atomic mass is 10.1. The summed E-state index contributed by atoms with van der Waals surface area (Å²) < 4.78 is 11.9. The van der Waals surface area contributed by atoms with Crippen molar-refractivity contribution in [2.24, 2.45) is 4.99 Å². The minimum atomic E-state index is 0.585. The number of ether oxygens (including phenoxy) is 1. The van der Waals surface area contributed by atoms with Gasteiger partial charge in [0, 0.05) is 17.0 Å². The van der Waals surface area contributed by atoms with Gasteiger partial charge in [0.1, 0.15) is 22.8 Å². The van der Waals surface area contributed by atoms with E-state index in [0.29, 0.717) is 17.4 Å². The van der Waals surface area contributed by atoms with Crippen molar-refractivity contribution in [3.8, 4) is 17.1 Å². The minimum absolute atomic E-state index is 0.585. The molecule has 0 aliphatic carbocycles. The van der Waals surface area contributed by atoms with Gasteiger partial charge in [-0.05, 0) is 50.2 Å². The molecule has 0 amide bonds. The Hall–Kier alpha value is -3.04. The Kier molecular flexibility index (Phi) is 5.18. The fourth-order valence-corrected chi connectivity index (χ4v) is 3.35. The first kappa shape index (κ1) is 18.3. The zero-order chi connectivity index (χ0) is 19.5. The molecule has 3 nitrogen and oxygen atoms in total. The summed E-state index contributed by atoms with van der Waals surface area (Å²) in [5.74, 6) is 1.43. The standard InChI is InChI=1S/C24H20ClNO2/c1-3-27-23-11-7-6-10-20(23)26-21-15-24(17-8-4-5-9-19(17)25)28-22-13-12-16(2)14-18(21)22/h4-15H,3H2,1-2H3. The molecule has 1 heterocycles. The van der Waals surface area contributed by atoms with Gasteiger partial charge in [0.25, 0.3) is 0 Å². The molecule has 3 aromatic carbocycles. The molecule has 0 atom stereocenters. The predicted octanol–water partition coefficient (Wildman–Crippen LogP) is 6.69. The van der Waals surface area contributed by atoms with Crippen molar-refractivity contribution in [3.63, 3.8) is 0 Å². The van der Waals surface area contributed by atoms with Gasteiger partial charge in [-0.3, -0.25) is 0 Å². The van der Waals surface area contributed by atoms with Gasteiger partial charge in [0.15, 0.2) is 0 Å². The molecule has 0 aliphatic heterocycles. The Morgan fingerprint density at radius 1 is 0.964 bits per heavy atom. The van der Waals surface area contributed by atoms with Crippen molar-refractivity contribution in [3.05, 3.63) is 88.7 Å². The Morgan fingerprint density at radius 3 is 2.57 bits per heavy atom. The van der Waals surface area contributed by atoms with Crippen LogP contribution in [0, 0.1) is 6.92 Å². The largest absolute Gasteiger partial charge is 0.492 e. The molecule has 4 rings (SSSR count). The summed E-state index contributed by atoms with van der Waals surface area (Å²) in [5.41, 5.74) is 3.52. The van der Waals surface area contributed by atoms with Gasteiger partial charge in [-0.25, -0.2) is 4.99 Å². The van der Waals surface area contributed by atoms with Crippen LogP contribution in [0.4, 0.5) is 5.69 Å². The van der Waals surface area contributed by atoms with Crippen molar-refractivity contribution < 1.29 is 9.15 Å². The molecule has 1 aromatic heterocycles. The van der Waals surface area contributed by atoms with E-state index in [1.54, 1.807) is 0 Å². The second-order valence-electron chi connectivity index (χ2n) is 6.49. The van der Waals surface area contributed by atoms with E-state index in [2.05, 4.69) is 13.0 Å². The normalized spacial score (nSPS) is 11.8. The lowest BCUT2D eigenvalue weighted by Crippen LogP contribution is -2.04. The van der Waals surface area contributed by atoms with Crippen molar-refractivity contribution in [2.75, 3.05) is 6.61 Å². The monoisotopic (exact) mass is 389 g/mol. The third-order valence-electron chi connectivity index (χ3n) is 4.44. The van der Waals surface area contributed by atoms with E-state index in [-0.39, 0.29) is 0 Å². The van der Waals surface area contributed by atoms with E-state index in [0.717, 1.165) is 38.9 Å². The van der Waals surface area contributed by atoms with Gasteiger partial charge in [-0.2, -0.15) is 0 Å². The smallest absolute Gasteiger partial charge is 0.144 e. The number of para-hydroxylation sites is 2. The second kappa shape index (κ2) is 7.91. The molecule has 140 valence electrons. The van der Waals surface area contributed by atoms with E-state index >= 15 is 0 Å². The quantitative estimate of drug-likeness (QED) is 0.389. The summed E-state index contributed by atoms with van der Waals surface area (Å²) in [7, 11) is 0. The van der Waals surface area contributed by atoms with E-state index in [1.165, 1.54) is 0 Å². The summed E-state index contributed by atoms with van der Waals surface area (Å²) in [6.45, 7) is 4.60. The fourth-order valence-electron chi connectivity index (χ4n) is 3.13. The molecule has 0 unspecified atom stereocenters. The van der Waals surface area contributed by atoms with Crippen LogP contribution < -0.4 is 10.1 Å². The van der Waals surface area contributed by atoms with Crippen LogP contribution in [0.15, 0.2) is 82.2 Å². The maximum atomic E-state index is 6.40. The van der Waals surface area contributed by atoms with Crippen LogP contribution in [0.25, 0.3) is 22.3 Å². The Balaban J connectivity index is 2.02. The maximum absolute atomic E-state index is 6.40. The minimum Gasteiger partial charge on any atom is -0.492 e. The van der Waals surface area contributed by atoms with Crippen molar-refractivity contribution in [1.29, 1.82) is 0 Å². The molecule has 0 radical (unpaired) electrons. The van der Waals surface area contributed by atoms with E-state index < -0.39 is 0 Å². The van der Waals surface area contributed by atoms with Gasteiger partial charge in [0.05, 0.1) is 17.0 Å². The molecule has 0 N–H and O–H groups in total. The molecule has 4 aromatic rings. The van der Waals surface area contributed by atoms with Crippen molar-refractivity contribution in [1.82, 2.24) is 0 Å². The summed E-state index contributed by atoms with van der Waals surface area (Å²) in [5, 5.41) is 2.40. The van der Waals surface area contributed by atoms with E-state index in [4.69, 9.17) is 25.7 Å². The van der Waals surface area contributed by atoms with Crippen molar-refractivity contribution >= 4 is 28.3 Å². The fraction of sp³-hybridized carbons (Fsp3) is 0.125. The number of hydrogen-bond donors (Lipinski definition) is 0. The zero-order valence-corrected chi connectivity index (χ0v) is 16.5. The molecule has 0 spiro atoms. The van der Waals surface area contributed by atoms with Gasteiger partial charge >= 0.3 is 0 Å². The molecular weight excluding hydrogens is 370 g/mol. The maximum Gasteiger partial charge on any atom is 0.144 e. The third kappa shape index (κ3) is 3.67. The van der Waals surface area contributed by atoms with Crippen LogP contribution in [-0.2, 0) is 0 Å². The highest BCUT2D eigenvalue weighted by molar-refractivity contribution is 6.33. The summed E-state index contributed by atoms with van der Waals surface area (Å²) in [6.07, 6.45) is 0. The SMILES string of the molecule is CCOc1ccccc1N=c1cc(-c2ccccc2Cl)oc2ccc(C)cc12. The Bertz CT molecular complexity index is 1210. The first-order valence-electron chi connectivity index (χ1n) is 9.21. The summed E-state index contributed by atoms with van der Waals surface area (Å²) >= 11 is 6.40. The first-order valence-corrected chi connectivity index (χ1v) is 9.59. The van der Waals surface area contributed by atoms with Gasteiger partial charge in [-0.15, -0.1) is 0 Å². The third-order valence-corrected chi connectivity index (χ3v) is 4.77. The van der Waals surface area contributed by atoms with Gasteiger partial charge < -0.3 is 9.15 Å². The molecule has 28 heavy (non-hydrogen) atoms. The number of halogens is 1. The van der Waals surface area contributed by atoms with Crippen LogP contribution in [0.1, 0.15) is 12.5 Å². The molecule has 0 saturated carbocycles. The first-order chi connectivity index (χ1) is 13.7. The lowest BCUT2D eigenvalue weighted by Gasteiger charge is -2.09. The highest BCUT2D eigenvalue weighted by Gasteiger charge is 2.10. The Morgan fingerprint density at radius 2 is 1.75 bits per heavy atom. The second-order valence-corrected chi connectivity index (χ2v) is 6.90. The average Bonchev–Trinajstić information content (AvgIpc) is 2.70. The number of aryl methyl sites for hydroxylation is 1. The van der Waals surface area contributed by atoms with Crippen LogP contribution in [0.2, 0.25) is 5.02 Å². The molecule has 0 saturated heterocycles. The number of fused-ring (bicyclic) bond motifs is 1. The number of rotatable bonds is 4. The topological polar surface area (TPSA) is 34.7 Å². The average molecular weight is 390 g/mol. The number of nitrogens with zero attached hydrogens (tertiary/aromatic N) is 1.